The molecule has 0 aliphatic heterocycles. The molecule has 0 saturated carbocycles. The zero-order valence-electron chi connectivity index (χ0n) is 14.0. The molecule has 0 aromatic carbocycles. The van der Waals surface area contributed by atoms with E-state index in [1.165, 1.54) is 0 Å². The van der Waals surface area contributed by atoms with Crippen molar-refractivity contribution in [3.8, 4) is 0 Å². The molecule has 1 heterocycles. The highest BCUT2D eigenvalue weighted by molar-refractivity contribution is 7.86. The minimum Gasteiger partial charge on any atom is -0.453 e. The summed E-state index contributed by atoms with van der Waals surface area (Å²) in [5.41, 5.74) is 0.415. The molecule has 0 N–H and O–H groups in total. The average molecular weight is 394 g/mol. The van der Waals surface area contributed by atoms with Crippen LogP contribution in [0.2, 0.25) is 0 Å². The molecule has 144 valence electrons. The molecular formula is C16H19F3NO5S+. The molecule has 0 aliphatic carbocycles. The molecule has 6 nitrogen and oxygen atoms in total. The summed E-state index contributed by atoms with van der Waals surface area (Å²) >= 11 is 0. The molecule has 1 rings (SSSR count). The molecule has 0 saturated heterocycles. The summed E-state index contributed by atoms with van der Waals surface area (Å²) < 4.78 is 69.8. The highest BCUT2D eigenvalue weighted by Gasteiger charge is 2.30. The van der Waals surface area contributed by atoms with Crippen LogP contribution in [0.25, 0.3) is 6.08 Å². The number of ether oxygens (including phenoxy) is 1. The van der Waals surface area contributed by atoms with Crippen molar-refractivity contribution in [1.82, 2.24) is 0 Å². The molecule has 0 radical (unpaired) electrons. The van der Waals surface area contributed by atoms with Crippen LogP contribution in [0.4, 0.5) is 13.2 Å². The van der Waals surface area contributed by atoms with Gasteiger partial charge in [0, 0.05) is 24.6 Å². The second-order valence-corrected chi connectivity index (χ2v) is 6.94. The van der Waals surface area contributed by atoms with Gasteiger partial charge >= 0.3 is 22.3 Å². The maximum absolute atomic E-state index is 12.0. The lowest BCUT2D eigenvalue weighted by Gasteiger charge is -2.08. The van der Waals surface area contributed by atoms with Gasteiger partial charge in [-0.2, -0.15) is 26.2 Å². The fourth-order valence-electron chi connectivity index (χ4n) is 1.79. The van der Waals surface area contributed by atoms with Gasteiger partial charge in [0.15, 0.2) is 12.8 Å². The molecule has 0 fully saturated rings. The van der Waals surface area contributed by atoms with Crippen molar-refractivity contribution in [3.63, 3.8) is 0 Å². The maximum atomic E-state index is 12.0. The Balaban J connectivity index is 2.52. The number of alkyl halides is 3. The SMILES string of the molecule is C=Cc1cccc[n+]1CCCS(=O)(=O)OC=C(C)C(=O)OCC(F)(F)F. The first-order chi connectivity index (χ1) is 12.0. The highest BCUT2D eigenvalue weighted by atomic mass is 32.2. The van der Waals surface area contributed by atoms with Crippen LogP contribution >= 0.6 is 0 Å². The van der Waals surface area contributed by atoms with Gasteiger partial charge in [0.25, 0.3) is 0 Å². The van der Waals surface area contributed by atoms with Gasteiger partial charge in [-0.15, -0.1) is 0 Å². The number of aromatic nitrogens is 1. The van der Waals surface area contributed by atoms with Crippen LogP contribution in [-0.2, 0) is 30.4 Å². The van der Waals surface area contributed by atoms with Gasteiger partial charge in [-0.3, -0.25) is 0 Å². The second kappa shape index (κ2) is 9.37. The molecule has 0 amide bonds. The summed E-state index contributed by atoms with van der Waals surface area (Å²) in [6.45, 7) is 3.38. The molecule has 0 unspecified atom stereocenters. The van der Waals surface area contributed by atoms with Gasteiger partial charge in [0.2, 0.25) is 5.69 Å². The average Bonchev–Trinajstić information content (AvgIpc) is 2.57. The predicted molar refractivity (Wildman–Crippen MR) is 87.0 cm³/mol. The lowest BCUT2D eigenvalue weighted by atomic mass is 10.3. The third-order valence-corrected chi connectivity index (χ3v) is 4.22. The minimum absolute atomic E-state index is 0.225. The van der Waals surface area contributed by atoms with Crippen LogP contribution in [0, 0.1) is 0 Å². The van der Waals surface area contributed by atoms with E-state index in [1.807, 2.05) is 12.1 Å². The topological polar surface area (TPSA) is 73.5 Å². The molecule has 0 aliphatic rings. The third kappa shape index (κ3) is 8.15. The van der Waals surface area contributed by atoms with Gasteiger partial charge in [0.1, 0.15) is 12.8 Å². The number of halogens is 3. The monoisotopic (exact) mass is 394 g/mol. The number of carbonyl (C=O) groups excluding carboxylic acids is 1. The molecule has 0 atom stereocenters. The summed E-state index contributed by atoms with van der Waals surface area (Å²) in [5.74, 6) is -1.65. The molecule has 26 heavy (non-hydrogen) atoms. The Bertz CT molecular complexity index is 772. The first-order valence-corrected chi connectivity index (χ1v) is 9.04. The van der Waals surface area contributed by atoms with Crippen molar-refractivity contribution in [2.24, 2.45) is 0 Å². The smallest absolute Gasteiger partial charge is 0.422 e. The zero-order valence-corrected chi connectivity index (χ0v) is 14.8. The van der Waals surface area contributed by atoms with Gasteiger partial charge in [-0.25, -0.2) is 4.79 Å². The van der Waals surface area contributed by atoms with Crippen molar-refractivity contribution in [2.45, 2.75) is 26.1 Å². The van der Waals surface area contributed by atoms with Crippen molar-refractivity contribution in [1.29, 1.82) is 0 Å². The van der Waals surface area contributed by atoms with Crippen molar-refractivity contribution in [3.05, 3.63) is 48.5 Å². The standard InChI is InChI=1S/C16H19F3NO5S/c1-3-14-7-4-5-8-20(14)9-6-10-26(22,23)25-11-13(2)15(21)24-12-16(17,18)19/h3-5,7-8,11H,1,6,9-10,12H2,2H3/q+1. The van der Waals surface area contributed by atoms with E-state index in [-0.39, 0.29) is 12.2 Å². The van der Waals surface area contributed by atoms with E-state index < -0.39 is 34.4 Å². The molecule has 0 spiro atoms. The zero-order chi connectivity index (χ0) is 19.8. The fourth-order valence-corrected chi connectivity index (χ4v) is 2.66. The lowest BCUT2D eigenvalue weighted by Crippen LogP contribution is -2.37. The van der Waals surface area contributed by atoms with Gasteiger partial charge in [-0.1, -0.05) is 6.58 Å². The Morgan fingerprint density at radius 3 is 2.65 bits per heavy atom. The van der Waals surface area contributed by atoms with Crippen LogP contribution in [0.1, 0.15) is 19.0 Å². The van der Waals surface area contributed by atoms with E-state index in [2.05, 4.69) is 15.5 Å². The third-order valence-electron chi connectivity index (χ3n) is 3.04. The Morgan fingerprint density at radius 1 is 1.35 bits per heavy atom. The summed E-state index contributed by atoms with van der Waals surface area (Å²) in [6.07, 6.45) is -0.473. The predicted octanol–water partition coefficient (Wildman–Crippen LogP) is 2.36. The Morgan fingerprint density at radius 2 is 2.04 bits per heavy atom. The van der Waals surface area contributed by atoms with E-state index in [0.29, 0.717) is 12.8 Å². The van der Waals surface area contributed by atoms with Crippen LogP contribution in [0.3, 0.4) is 0 Å². The van der Waals surface area contributed by atoms with E-state index in [4.69, 9.17) is 0 Å². The Kier molecular flexibility index (Phi) is 7.81. The lowest BCUT2D eigenvalue weighted by molar-refractivity contribution is -0.698. The molecule has 0 bridgehead atoms. The molecular weight excluding hydrogens is 375 g/mol. The van der Waals surface area contributed by atoms with E-state index in [9.17, 15) is 26.4 Å². The fraction of sp³-hybridized carbons (Fsp3) is 0.375. The van der Waals surface area contributed by atoms with Crippen LogP contribution < -0.4 is 4.57 Å². The number of carbonyl (C=O) groups is 1. The van der Waals surface area contributed by atoms with Crippen molar-refractivity contribution < 1.29 is 39.9 Å². The molecule has 1 aromatic rings. The summed E-state index contributed by atoms with van der Waals surface area (Å²) in [7, 11) is -3.99. The molecule has 1 aromatic heterocycles. The Labute approximate surface area is 149 Å². The maximum Gasteiger partial charge on any atom is 0.422 e. The number of esters is 1. The number of aryl methyl sites for hydroxylation is 1. The Hall–Kier alpha value is -2.36. The number of nitrogens with zero attached hydrogens (tertiary/aromatic N) is 1. The number of rotatable bonds is 9. The van der Waals surface area contributed by atoms with Gasteiger partial charge < -0.3 is 8.92 Å². The first kappa shape index (κ1) is 21.7. The first-order valence-electron chi connectivity index (χ1n) is 7.46. The van der Waals surface area contributed by atoms with Crippen molar-refractivity contribution in [2.75, 3.05) is 12.4 Å². The largest absolute Gasteiger partial charge is 0.453 e. The summed E-state index contributed by atoms with van der Waals surface area (Å²) in [6, 6.07) is 5.42. The second-order valence-electron chi connectivity index (χ2n) is 5.23. The normalized spacial score (nSPS) is 12.5. The number of hydrogen-bond donors (Lipinski definition) is 0. The van der Waals surface area contributed by atoms with Crippen LogP contribution in [0.5, 0.6) is 0 Å². The van der Waals surface area contributed by atoms with Crippen LogP contribution in [-0.4, -0.2) is 32.9 Å². The van der Waals surface area contributed by atoms with Gasteiger partial charge in [0.05, 0.1) is 11.3 Å². The van der Waals surface area contributed by atoms with E-state index in [1.54, 1.807) is 22.9 Å². The quantitative estimate of drug-likeness (QED) is 0.211. The number of pyridine rings is 1. The minimum atomic E-state index is -4.66. The van der Waals surface area contributed by atoms with Crippen molar-refractivity contribution >= 4 is 22.2 Å². The van der Waals surface area contributed by atoms with Crippen LogP contribution in [0.15, 0.2) is 42.8 Å². The summed E-state index contributed by atoms with van der Waals surface area (Å²) in [5, 5.41) is 0. The highest BCUT2D eigenvalue weighted by Crippen LogP contribution is 2.15. The van der Waals surface area contributed by atoms with E-state index in [0.717, 1.165) is 12.6 Å². The molecule has 10 heteroatoms. The van der Waals surface area contributed by atoms with E-state index >= 15 is 0 Å². The number of hydrogen-bond acceptors (Lipinski definition) is 5. The summed E-state index contributed by atoms with van der Waals surface area (Å²) in [4.78, 5) is 11.3. The van der Waals surface area contributed by atoms with Gasteiger partial charge in [-0.05, 0) is 13.0 Å².